The Kier molecular flexibility index (Phi) is 3.48. The third-order valence-electron chi connectivity index (χ3n) is 3.17. The van der Waals surface area contributed by atoms with Crippen LogP contribution in [0.25, 0.3) is 0 Å². The van der Waals surface area contributed by atoms with Gasteiger partial charge < -0.3 is 5.11 Å². The lowest BCUT2D eigenvalue weighted by Crippen LogP contribution is -2.38. The van der Waals surface area contributed by atoms with Gasteiger partial charge >= 0.3 is 0 Å². The van der Waals surface area contributed by atoms with Crippen LogP contribution >= 0.6 is 0 Å². The third kappa shape index (κ3) is 2.24. The number of ketones is 1. The molecule has 0 aromatic rings. The summed E-state index contributed by atoms with van der Waals surface area (Å²) in [5.74, 6) is 0.200. The molecule has 1 fully saturated rings. The zero-order valence-electron chi connectivity index (χ0n) is 9.18. The lowest BCUT2D eigenvalue weighted by molar-refractivity contribution is -0.133. The molecule has 1 saturated carbocycles. The molecule has 1 rings (SSSR count). The molecule has 80 valence electrons. The number of rotatable bonds is 2. The van der Waals surface area contributed by atoms with Crippen LogP contribution in [0.2, 0.25) is 0 Å². The molecule has 2 atom stereocenters. The summed E-state index contributed by atoms with van der Waals surface area (Å²) in [5.41, 5.74) is 0.393. The van der Waals surface area contributed by atoms with Crippen LogP contribution in [0.15, 0.2) is 12.2 Å². The van der Waals surface area contributed by atoms with Crippen LogP contribution in [-0.2, 0) is 4.79 Å². The maximum absolute atomic E-state index is 11.9. The summed E-state index contributed by atoms with van der Waals surface area (Å²) in [6.45, 7) is 7.62. The molecular formula is C12H20O2. The van der Waals surface area contributed by atoms with Crippen molar-refractivity contribution in [3.05, 3.63) is 12.2 Å². The highest BCUT2D eigenvalue weighted by Crippen LogP contribution is 2.37. The van der Waals surface area contributed by atoms with Gasteiger partial charge in [0.25, 0.3) is 0 Å². The van der Waals surface area contributed by atoms with Crippen molar-refractivity contribution >= 4 is 5.78 Å². The molecule has 0 spiro atoms. The first-order valence-corrected chi connectivity index (χ1v) is 5.32. The van der Waals surface area contributed by atoms with Gasteiger partial charge in [-0.3, -0.25) is 4.79 Å². The molecular weight excluding hydrogens is 176 g/mol. The van der Waals surface area contributed by atoms with Crippen LogP contribution in [0.5, 0.6) is 0 Å². The highest BCUT2D eigenvalue weighted by atomic mass is 16.3. The zero-order chi connectivity index (χ0) is 10.8. The van der Waals surface area contributed by atoms with E-state index in [1.165, 1.54) is 0 Å². The first-order valence-electron chi connectivity index (χ1n) is 5.32. The molecule has 0 heterocycles. The Morgan fingerprint density at radius 2 is 2.29 bits per heavy atom. The number of allylic oxidation sites excluding steroid dienone is 1. The maximum Gasteiger partial charge on any atom is 0.141 e. The van der Waals surface area contributed by atoms with Crippen LogP contribution in [0, 0.1) is 5.41 Å². The van der Waals surface area contributed by atoms with Crippen molar-refractivity contribution in [3.8, 4) is 0 Å². The van der Waals surface area contributed by atoms with Gasteiger partial charge in [-0.25, -0.2) is 0 Å². The van der Waals surface area contributed by atoms with Crippen molar-refractivity contribution in [1.29, 1.82) is 0 Å². The predicted molar refractivity (Wildman–Crippen MR) is 57.0 cm³/mol. The highest BCUT2D eigenvalue weighted by Gasteiger charge is 2.40. The van der Waals surface area contributed by atoms with Gasteiger partial charge in [0.05, 0.1) is 11.5 Å². The second kappa shape index (κ2) is 4.26. The van der Waals surface area contributed by atoms with Gasteiger partial charge in [0.2, 0.25) is 0 Å². The SMILES string of the molecule is C=C(C)C[C@]1(C)C(=O)CCCC[C@H]1O. The minimum absolute atomic E-state index is 0.200. The minimum atomic E-state index is -0.581. The largest absolute Gasteiger partial charge is 0.392 e. The smallest absolute Gasteiger partial charge is 0.141 e. The normalized spacial score (nSPS) is 33.9. The fourth-order valence-electron chi connectivity index (χ4n) is 2.26. The van der Waals surface area contributed by atoms with Gasteiger partial charge in [-0.15, -0.1) is 6.58 Å². The number of carbonyl (C=O) groups is 1. The van der Waals surface area contributed by atoms with Gasteiger partial charge in [-0.05, 0) is 33.1 Å². The number of Topliss-reactive ketones (excluding diaryl/α,β-unsaturated/α-hetero) is 1. The van der Waals surface area contributed by atoms with E-state index in [2.05, 4.69) is 6.58 Å². The fraction of sp³-hybridized carbons (Fsp3) is 0.750. The average molecular weight is 196 g/mol. The molecule has 1 aliphatic carbocycles. The summed E-state index contributed by atoms with van der Waals surface area (Å²) in [4.78, 5) is 11.9. The van der Waals surface area contributed by atoms with Crippen molar-refractivity contribution in [3.63, 3.8) is 0 Å². The van der Waals surface area contributed by atoms with Crippen LogP contribution in [-0.4, -0.2) is 17.0 Å². The topological polar surface area (TPSA) is 37.3 Å². The van der Waals surface area contributed by atoms with E-state index < -0.39 is 11.5 Å². The lowest BCUT2D eigenvalue weighted by atomic mass is 9.74. The quantitative estimate of drug-likeness (QED) is 0.544. The van der Waals surface area contributed by atoms with Crippen molar-refractivity contribution < 1.29 is 9.90 Å². The Hall–Kier alpha value is -0.630. The molecule has 0 aromatic carbocycles. The molecule has 0 amide bonds. The number of aliphatic hydroxyl groups excluding tert-OH is 1. The molecule has 0 saturated heterocycles. The van der Waals surface area contributed by atoms with Crippen LogP contribution in [0.4, 0.5) is 0 Å². The van der Waals surface area contributed by atoms with Gasteiger partial charge in [-0.2, -0.15) is 0 Å². The molecule has 1 N–H and O–H groups in total. The van der Waals surface area contributed by atoms with Crippen LogP contribution in [0.3, 0.4) is 0 Å². The Bertz CT molecular complexity index is 245. The molecule has 0 bridgehead atoms. The van der Waals surface area contributed by atoms with E-state index in [0.29, 0.717) is 12.8 Å². The van der Waals surface area contributed by atoms with E-state index in [1.54, 1.807) is 0 Å². The number of hydrogen-bond acceptors (Lipinski definition) is 2. The summed E-state index contributed by atoms with van der Waals surface area (Å²) in [7, 11) is 0. The first kappa shape index (κ1) is 11.4. The summed E-state index contributed by atoms with van der Waals surface area (Å²) in [6, 6.07) is 0. The Labute approximate surface area is 86.0 Å². The van der Waals surface area contributed by atoms with Crippen molar-refractivity contribution in [1.82, 2.24) is 0 Å². The molecule has 0 aliphatic heterocycles. The Morgan fingerprint density at radius 1 is 1.64 bits per heavy atom. The summed E-state index contributed by atoms with van der Waals surface area (Å²) < 4.78 is 0. The zero-order valence-corrected chi connectivity index (χ0v) is 9.18. The number of aliphatic hydroxyl groups is 1. The van der Waals surface area contributed by atoms with Crippen molar-refractivity contribution in [2.24, 2.45) is 5.41 Å². The van der Waals surface area contributed by atoms with Gasteiger partial charge in [-0.1, -0.05) is 12.0 Å². The molecule has 0 unspecified atom stereocenters. The fourth-order valence-corrected chi connectivity index (χ4v) is 2.26. The molecule has 0 aromatic heterocycles. The summed E-state index contributed by atoms with van der Waals surface area (Å²) in [5, 5.41) is 9.97. The predicted octanol–water partition coefficient (Wildman–Crippen LogP) is 2.46. The Balaban J connectivity index is 2.86. The molecule has 2 nitrogen and oxygen atoms in total. The lowest BCUT2D eigenvalue weighted by Gasteiger charge is -2.31. The second-order valence-corrected chi connectivity index (χ2v) is 4.74. The monoisotopic (exact) mass is 196 g/mol. The molecule has 0 radical (unpaired) electrons. The minimum Gasteiger partial charge on any atom is -0.392 e. The molecule has 2 heteroatoms. The summed E-state index contributed by atoms with van der Waals surface area (Å²) >= 11 is 0. The van der Waals surface area contributed by atoms with Crippen molar-refractivity contribution in [2.45, 2.75) is 52.1 Å². The summed E-state index contributed by atoms with van der Waals surface area (Å²) in [6.07, 6.45) is 3.36. The number of carbonyl (C=O) groups excluding carboxylic acids is 1. The first-order chi connectivity index (χ1) is 6.47. The molecule has 1 aliphatic rings. The second-order valence-electron chi connectivity index (χ2n) is 4.74. The number of hydrogen-bond donors (Lipinski definition) is 1. The van der Waals surface area contributed by atoms with E-state index in [1.807, 2.05) is 13.8 Å². The molecule has 14 heavy (non-hydrogen) atoms. The third-order valence-corrected chi connectivity index (χ3v) is 3.17. The van der Waals surface area contributed by atoms with Crippen LogP contribution in [0.1, 0.15) is 46.0 Å². The Morgan fingerprint density at radius 3 is 2.86 bits per heavy atom. The van der Waals surface area contributed by atoms with Gasteiger partial charge in [0.1, 0.15) is 5.78 Å². The van der Waals surface area contributed by atoms with E-state index in [4.69, 9.17) is 0 Å². The van der Waals surface area contributed by atoms with Gasteiger partial charge in [0.15, 0.2) is 0 Å². The average Bonchev–Trinajstić information content (AvgIpc) is 2.18. The van der Waals surface area contributed by atoms with Crippen LogP contribution < -0.4 is 0 Å². The van der Waals surface area contributed by atoms with E-state index >= 15 is 0 Å². The highest BCUT2D eigenvalue weighted by molar-refractivity contribution is 5.85. The van der Waals surface area contributed by atoms with Gasteiger partial charge in [0, 0.05) is 6.42 Å². The van der Waals surface area contributed by atoms with E-state index in [9.17, 15) is 9.90 Å². The maximum atomic E-state index is 11.9. The van der Waals surface area contributed by atoms with E-state index in [-0.39, 0.29) is 5.78 Å². The van der Waals surface area contributed by atoms with E-state index in [0.717, 1.165) is 24.8 Å². The standard InChI is InChI=1S/C12H20O2/c1-9(2)8-12(3)10(13)6-4-5-7-11(12)14/h10,13H,1,4-8H2,2-3H3/t10-,12+/m1/s1. The van der Waals surface area contributed by atoms with Crippen molar-refractivity contribution in [2.75, 3.05) is 0 Å².